The number of halogens is 1. The highest BCUT2D eigenvalue weighted by atomic mass is 32.2. The van der Waals surface area contributed by atoms with E-state index >= 15 is 0 Å². The minimum absolute atomic E-state index is 0.138. The van der Waals surface area contributed by atoms with Crippen LogP contribution in [0.5, 0.6) is 0 Å². The maximum absolute atomic E-state index is 13.4. The number of thioether (sulfide) groups is 1. The Kier molecular flexibility index (Phi) is 5.67. The van der Waals surface area contributed by atoms with Gasteiger partial charge in [-0.25, -0.2) is 4.39 Å². The summed E-state index contributed by atoms with van der Waals surface area (Å²) >= 11 is 1.69. The Labute approximate surface area is 122 Å². The van der Waals surface area contributed by atoms with Gasteiger partial charge in [-0.15, -0.1) is 0 Å². The molecule has 0 bridgehead atoms. The fourth-order valence-electron chi connectivity index (χ4n) is 2.01. The van der Waals surface area contributed by atoms with Crippen molar-refractivity contribution in [2.45, 2.75) is 25.4 Å². The van der Waals surface area contributed by atoms with Gasteiger partial charge in [-0.1, -0.05) is 0 Å². The second-order valence-corrected chi connectivity index (χ2v) is 5.90. The van der Waals surface area contributed by atoms with E-state index < -0.39 is 5.82 Å². The number of rotatable bonds is 6. The molecule has 0 spiro atoms. The largest absolute Gasteiger partial charge is 0.399 e. The molecular weight excluding hydrogens is 279 g/mol. The number of hydrogen-bond donors (Lipinski definition) is 2. The van der Waals surface area contributed by atoms with Crippen molar-refractivity contribution in [3.05, 3.63) is 24.0 Å². The number of benzene rings is 1. The van der Waals surface area contributed by atoms with E-state index in [1.165, 1.54) is 18.2 Å². The third kappa shape index (κ3) is 4.68. The molecule has 2 rings (SSSR count). The fourth-order valence-corrected chi connectivity index (χ4v) is 3.03. The third-order valence-electron chi connectivity index (χ3n) is 3.07. The lowest BCUT2D eigenvalue weighted by atomic mass is 10.2. The average Bonchev–Trinajstić information content (AvgIpc) is 2.92. The molecule has 1 atom stereocenters. The molecule has 0 aliphatic carbocycles. The van der Waals surface area contributed by atoms with Crippen molar-refractivity contribution in [2.75, 3.05) is 29.2 Å². The van der Waals surface area contributed by atoms with Crippen molar-refractivity contribution in [3.63, 3.8) is 0 Å². The van der Waals surface area contributed by atoms with Gasteiger partial charge in [0, 0.05) is 30.2 Å². The summed E-state index contributed by atoms with van der Waals surface area (Å²) in [5.41, 5.74) is 6.12. The van der Waals surface area contributed by atoms with Crippen molar-refractivity contribution in [3.8, 4) is 0 Å². The summed E-state index contributed by atoms with van der Waals surface area (Å²) in [7, 11) is 0. The van der Waals surface area contributed by atoms with Gasteiger partial charge in [0.1, 0.15) is 5.82 Å². The van der Waals surface area contributed by atoms with Gasteiger partial charge >= 0.3 is 0 Å². The molecule has 0 radical (unpaired) electrons. The van der Waals surface area contributed by atoms with Gasteiger partial charge in [-0.2, -0.15) is 11.8 Å². The molecule has 1 aromatic rings. The van der Waals surface area contributed by atoms with Gasteiger partial charge in [0.2, 0.25) is 5.91 Å². The van der Waals surface area contributed by atoms with Crippen LogP contribution in [-0.4, -0.2) is 30.1 Å². The first-order chi connectivity index (χ1) is 9.65. The van der Waals surface area contributed by atoms with Crippen LogP contribution in [0.1, 0.15) is 19.3 Å². The molecule has 3 N–H and O–H groups in total. The van der Waals surface area contributed by atoms with Crippen molar-refractivity contribution in [1.29, 1.82) is 0 Å². The van der Waals surface area contributed by atoms with Gasteiger partial charge in [0.25, 0.3) is 0 Å². The highest BCUT2D eigenvalue weighted by Gasteiger charge is 2.15. The molecular formula is C14H19FN2O2S. The number of carbonyl (C=O) groups is 1. The van der Waals surface area contributed by atoms with Gasteiger partial charge in [-0.05, 0) is 31.0 Å². The zero-order valence-electron chi connectivity index (χ0n) is 11.2. The van der Waals surface area contributed by atoms with Crippen LogP contribution in [0.15, 0.2) is 18.2 Å². The molecule has 1 amide bonds. The quantitative estimate of drug-likeness (QED) is 0.626. The van der Waals surface area contributed by atoms with Crippen LogP contribution in [0, 0.1) is 5.82 Å². The van der Waals surface area contributed by atoms with Crippen LogP contribution < -0.4 is 11.1 Å². The standard InChI is InChI=1S/C14H19FN2O2S/c15-12-4-3-10(16)8-13(12)17-14(18)5-7-20-9-11-2-1-6-19-11/h3-4,8,11H,1-2,5-7,9,16H2,(H,17,18). The second kappa shape index (κ2) is 7.50. The fraction of sp³-hybridized carbons (Fsp3) is 0.500. The molecule has 1 aromatic carbocycles. The second-order valence-electron chi connectivity index (χ2n) is 4.75. The lowest BCUT2D eigenvalue weighted by Crippen LogP contribution is -2.14. The molecule has 6 heteroatoms. The summed E-state index contributed by atoms with van der Waals surface area (Å²) in [5, 5.41) is 2.54. The lowest BCUT2D eigenvalue weighted by Gasteiger charge is -2.09. The summed E-state index contributed by atoms with van der Waals surface area (Å²) in [6.07, 6.45) is 2.91. The Morgan fingerprint density at radius 2 is 2.40 bits per heavy atom. The first-order valence-corrected chi connectivity index (χ1v) is 7.85. The molecule has 110 valence electrons. The molecule has 20 heavy (non-hydrogen) atoms. The number of carbonyl (C=O) groups excluding carboxylic acids is 1. The van der Waals surface area contributed by atoms with E-state index in [0.717, 1.165) is 25.2 Å². The topological polar surface area (TPSA) is 64.3 Å². The maximum Gasteiger partial charge on any atom is 0.225 e. The van der Waals surface area contributed by atoms with Crippen molar-refractivity contribution < 1.29 is 13.9 Å². The Bertz CT molecular complexity index is 464. The molecule has 1 aliphatic rings. The van der Waals surface area contributed by atoms with Gasteiger partial charge in [-0.3, -0.25) is 4.79 Å². The molecule has 0 aromatic heterocycles. The van der Waals surface area contributed by atoms with Crippen LogP contribution in [-0.2, 0) is 9.53 Å². The van der Waals surface area contributed by atoms with Crippen LogP contribution >= 0.6 is 11.8 Å². The van der Waals surface area contributed by atoms with E-state index in [-0.39, 0.29) is 11.6 Å². The minimum atomic E-state index is -0.473. The highest BCUT2D eigenvalue weighted by molar-refractivity contribution is 7.99. The molecule has 0 saturated carbocycles. The molecule has 1 fully saturated rings. The highest BCUT2D eigenvalue weighted by Crippen LogP contribution is 2.19. The van der Waals surface area contributed by atoms with Crippen LogP contribution in [0.25, 0.3) is 0 Å². The normalized spacial score (nSPS) is 18.1. The summed E-state index contributed by atoms with van der Waals surface area (Å²) < 4.78 is 18.9. The molecule has 1 saturated heterocycles. The summed E-state index contributed by atoms with van der Waals surface area (Å²) in [6, 6.07) is 4.13. The van der Waals surface area contributed by atoms with Crippen molar-refractivity contribution in [2.24, 2.45) is 0 Å². The van der Waals surface area contributed by atoms with Gasteiger partial charge < -0.3 is 15.8 Å². The van der Waals surface area contributed by atoms with E-state index in [0.29, 0.717) is 24.0 Å². The van der Waals surface area contributed by atoms with Gasteiger partial charge in [0.15, 0.2) is 0 Å². The van der Waals surface area contributed by atoms with Crippen LogP contribution in [0.4, 0.5) is 15.8 Å². The molecule has 4 nitrogen and oxygen atoms in total. The predicted octanol–water partition coefficient (Wildman–Crippen LogP) is 2.65. The smallest absolute Gasteiger partial charge is 0.225 e. The number of anilines is 2. The van der Waals surface area contributed by atoms with Crippen molar-refractivity contribution in [1.82, 2.24) is 0 Å². The Morgan fingerprint density at radius 1 is 1.55 bits per heavy atom. The number of nitrogen functional groups attached to an aromatic ring is 1. The number of nitrogens with two attached hydrogens (primary N) is 1. The van der Waals surface area contributed by atoms with E-state index in [1.807, 2.05) is 0 Å². The minimum Gasteiger partial charge on any atom is -0.399 e. The van der Waals surface area contributed by atoms with Crippen LogP contribution in [0.2, 0.25) is 0 Å². The van der Waals surface area contributed by atoms with Crippen molar-refractivity contribution >= 4 is 29.0 Å². The SMILES string of the molecule is Nc1ccc(F)c(NC(=O)CCSCC2CCCO2)c1. The zero-order valence-corrected chi connectivity index (χ0v) is 12.0. The van der Waals surface area contributed by atoms with E-state index in [1.54, 1.807) is 11.8 Å². The first kappa shape index (κ1) is 15.1. The molecule has 1 aliphatic heterocycles. The molecule has 1 unspecified atom stereocenters. The summed E-state index contributed by atoms with van der Waals surface area (Å²) in [5.74, 6) is 0.948. The first-order valence-electron chi connectivity index (χ1n) is 6.69. The van der Waals surface area contributed by atoms with Crippen LogP contribution in [0.3, 0.4) is 0 Å². The van der Waals surface area contributed by atoms with Gasteiger partial charge in [0.05, 0.1) is 11.8 Å². The Morgan fingerprint density at radius 3 is 3.15 bits per heavy atom. The number of ether oxygens (including phenoxy) is 1. The summed E-state index contributed by atoms with van der Waals surface area (Å²) in [4.78, 5) is 11.7. The zero-order chi connectivity index (χ0) is 14.4. The number of amides is 1. The van der Waals surface area contributed by atoms with E-state index in [4.69, 9.17) is 10.5 Å². The monoisotopic (exact) mass is 298 g/mol. The molecule has 1 heterocycles. The van der Waals surface area contributed by atoms with E-state index in [9.17, 15) is 9.18 Å². The predicted molar refractivity (Wildman–Crippen MR) is 80.4 cm³/mol. The maximum atomic E-state index is 13.4. The summed E-state index contributed by atoms with van der Waals surface area (Å²) in [6.45, 7) is 0.848. The number of nitrogens with one attached hydrogen (secondary N) is 1. The lowest BCUT2D eigenvalue weighted by molar-refractivity contribution is -0.115. The van der Waals surface area contributed by atoms with E-state index in [2.05, 4.69) is 5.32 Å². The third-order valence-corrected chi connectivity index (χ3v) is 4.17. The number of hydrogen-bond acceptors (Lipinski definition) is 4. The Balaban J connectivity index is 1.68. The average molecular weight is 298 g/mol. The Hall–Kier alpha value is -1.27.